The first kappa shape index (κ1) is 20.6. The molecular weight excluding hydrogens is 388 g/mol. The topological polar surface area (TPSA) is 58.4 Å². The van der Waals surface area contributed by atoms with Gasteiger partial charge in [0.1, 0.15) is 0 Å². The number of nitrogens with zero attached hydrogens (tertiary/aromatic N) is 4. The quantitative estimate of drug-likeness (QED) is 0.619. The highest BCUT2D eigenvalue weighted by Gasteiger charge is 2.17. The maximum absolute atomic E-state index is 12.9. The number of rotatable bonds is 6. The lowest BCUT2D eigenvalue weighted by Crippen LogP contribution is -2.30. The smallest absolute Gasteiger partial charge is 0.257 e. The van der Waals surface area contributed by atoms with Crippen molar-refractivity contribution in [3.8, 4) is 5.69 Å². The fraction of sp³-hybridized carbons (Fsp3) is 0.227. The van der Waals surface area contributed by atoms with Crippen molar-refractivity contribution in [1.82, 2.24) is 19.6 Å². The van der Waals surface area contributed by atoms with Crippen LogP contribution in [0.4, 0.5) is 0 Å². The lowest BCUT2D eigenvalue weighted by Gasteiger charge is -2.20. The predicted octanol–water partition coefficient (Wildman–Crippen LogP) is 3.89. The van der Waals surface area contributed by atoms with Gasteiger partial charge in [-0.1, -0.05) is 23.7 Å². The molecule has 0 saturated heterocycles. The summed E-state index contributed by atoms with van der Waals surface area (Å²) in [7, 11) is 3.44. The summed E-state index contributed by atoms with van der Waals surface area (Å²) in [6, 6.07) is 14.6. The van der Waals surface area contributed by atoms with E-state index < -0.39 is 0 Å². The van der Waals surface area contributed by atoms with E-state index >= 15 is 0 Å². The summed E-state index contributed by atoms with van der Waals surface area (Å²) in [5.41, 5.74) is 2.93. The number of halogens is 1. The van der Waals surface area contributed by atoms with E-state index in [0.29, 0.717) is 29.2 Å². The molecule has 150 valence electrons. The van der Waals surface area contributed by atoms with Crippen LogP contribution in [-0.4, -0.2) is 52.0 Å². The number of benzene rings is 2. The molecule has 1 heterocycles. The monoisotopic (exact) mass is 410 g/mol. The van der Waals surface area contributed by atoms with E-state index in [1.54, 1.807) is 60.3 Å². The Morgan fingerprint density at radius 3 is 2.21 bits per heavy atom. The van der Waals surface area contributed by atoms with Gasteiger partial charge in [-0.05, 0) is 48.9 Å². The zero-order valence-corrected chi connectivity index (χ0v) is 17.4. The normalized spacial score (nSPS) is 10.6. The van der Waals surface area contributed by atoms with E-state index in [-0.39, 0.29) is 11.8 Å². The minimum atomic E-state index is -0.0962. The largest absolute Gasteiger partial charge is 0.345 e. The molecule has 3 rings (SSSR count). The third-order valence-electron chi connectivity index (χ3n) is 4.57. The molecule has 0 fully saturated rings. The van der Waals surface area contributed by atoms with Gasteiger partial charge in [-0.3, -0.25) is 9.59 Å². The van der Waals surface area contributed by atoms with E-state index in [2.05, 4.69) is 5.10 Å². The van der Waals surface area contributed by atoms with Crippen LogP contribution in [-0.2, 0) is 6.54 Å². The molecule has 0 atom stereocenters. The summed E-state index contributed by atoms with van der Waals surface area (Å²) in [6.45, 7) is 2.95. The Bertz CT molecular complexity index is 994. The van der Waals surface area contributed by atoms with E-state index in [9.17, 15) is 9.59 Å². The summed E-state index contributed by atoms with van der Waals surface area (Å²) >= 11 is 5.92. The average molecular weight is 411 g/mol. The van der Waals surface area contributed by atoms with Gasteiger partial charge in [0, 0.05) is 44.0 Å². The van der Waals surface area contributed by atoms with Gasteiger partial charge in [0.2, 0.25) is 0 Å². The molecule has 0 saturated carbocycles. The minimum absolute atomic E-state index is 0.0467. The second-order valence-corrected chi connectivity index (χ2v) is 7.30. The summed E-state index contributed by atoms with van der Waals surface area (Å²) in [4.78, 5) is 28.2. The second kappa shape index (κ2) is 8.92. The molecule has 0 aliphatic carbocycles. The van der Waals surface area contributed by atoms with Crippen LogP contribution in [0, 0.1) is 0 Å². The van der Waals surface area contributed by atoms with Crippen molar-refractivity contribution in [2.24, 2.45) is 0 Å². The van der Waals surface area contributed by atoms with Crippen LogP contribution in [0.25, 0.3) is 5.69 Å². The highest BCUT2D eigenvalue weighted by atomic mass is 35.5. The van der Waals surface area contributed by atoms with Crippen molar-refractivity contribution >= 4 is 23.4 Å². The molecule has 0 aliphatic rings. The first-order chi connectivity index (χ1) is 13.9. The average Bonchev–Trinajstić information content (AvgIpc) is 3.22. The van der Waals surface area contributed by atoms with Crippen molar-refractivity contribution < 1.29 is 9.59 Å². The predicted molar refractivity (Wildman–Crippen MR) is 113 cm³/mol. The van der Waals surface area contributed by atoms with Gasteiger partial charge in [-0.25, -0.2) is 4.68 Å². The molecule has 6 nitrogen and oxygen atoms in total. The maximum Gasteiger partial charge on any atom is 0.257 e. The highest BCUT2D eigenvalue weighted by Crippen LogP contribution is 2.16. The van der Waals surface area contributed by atoms with Crippen LogP contribution in [0.2, 0.25) is 5.02 Å². The van der Waals surface area contributed by atoms with Gasteiger partial charge in [-0.15, -0.1) is 0 Å². The van der Waals surface area contributed by atoms with Gasteiger partial charge >= 0.3 is 0 Å². The Morgan fingerprint density at radius 2 is 1.62 bits per heavy atom. The number of aromatic nitrogens is 2. The molecule has 29 heavy (non-hydrogen) atoms. The minimum Gasteiger partial charge on any atom is -0.345 e. The van der Waals surface area contributed by atoms with Crippen LogP contribution in [0.5, 0.6) is 0 Å². The maximum atomic E-state index is 12.9. The van der Waals surface area contributed by atoms with Crippen LogP contribution in [0.15, 0.2) is 60.9 Å². The molecule has 2 amide bonds. The van der Waals surface area contributed by atoms with Gasteiger partial charge < -0.3 is 9.80 Å². The Kier molecular flexibility index (Phi) is 6.34. The molecule has 7 heteroatoms. The number of amides is 2. The molecule has 0 unspecified atom stereocenters. The Hall–Kier alpha value is -3.12. The SMILES string of the molecule is CCN(Cc1ccc(C(=O)N(C)C)cc1)C(=O)c1cnn(-c2ccc(Cl)cc2)c1. The lowest BCUT2D eigenvalue weighted by atomic mass is 10.1. The highest BCUT2D eigenvalue weighted by molar-refractivity contribution is 6.30. The van der Waals surface area contributed by atoms with Crippen molar-refractivity contribution in [3.63, 3.8) is 0 Å². The zero-order chi connectivity index (χ0) is 21.0. The molecular formula is C22H23ClN4O2. The van der Waals surface area contributed by atoms with E-state index in [1.165, 1.54) is 4.90 Å². The molecule has 0 spiro atoms. The number of carbonyl (C=O) groups is 2. The number of hydrogen-bond acceptors (Lipinski definition) is 3. The van der Waals surface area contributed by atoms with Gasteiger partial charge in [-0.2, -0.15) is 5.10 Å². The third-order valence-corrected chi connectivity index (χ3v) is 4.82. The Labute approximate surface area is 175 Å². The first-order valence-electron chi connectivity index (χ1n) is 9.29. The van der Waals surface area contributed by atoms with Crippen molar-refractivity contribution in [3.05, 3.63) is 82.6 Å². The Morgan fingerprint density at radius 1 is 0.966 bits per heavy atom. The lowest BCUT2D eigenvalue weighted by molar-refractivity contribution is 0.0751. The Balaban J connectivity index is 1.72. The van der Waals surface area contributed by atoms with Crippen LogP contribution in [0.3, 0.4) is 0 Å². The number of hydrogen-bond donors (Lipinski definition) is 0. The molecule has 0 bridgehead atoms. The fourth-order valence-electron chi connectivity index (χ4n) is 2.91. The first-order valence-corrected chi connectivity index (χ1v) is 9.67. The van der Waals surface area contributed by atoms with Gasteiger partial charge in [0.25, 0.3) is 11.8 Å². The molecule has 0 N–H and O–H groups in total. The van der Waals surface area contributed by atoms with E-state index in [4.69, 9.17) is 11.6 Å². The third kappa shape index (κ3) is 4.84. The zero-order valence-electron chi connectivity index (χ0n) is 16.7. The summed E-state index contributed by atoms with van der Waals surface area (Å²) < 4.78 is 1.65. The fourth-order valence-corrected chi connectivity index (χ4v) is 3.04. The van der Waals surface area contributed by atoms with Crippen molar-refractivity contribution in [1.29, 1.82) is 0 Å². The van der Waals surface area contributed by atoms with Crippen LogP contribution in [0.1, 0.15) is 33.2 Å². The molecule has 3 aromatic rings. The van der Waals surface area contributed by atoms with Gasteiger partial charge in [0.15, 0.2) is 0 Å². The second-order valence-electron chi connectivity index (χ2n) is 6.87. The van der Waals surface area contributed by atoms with Gasteiger partial charge in [0.05, 0.1) is 17.4 Å². The number of carbonyl (C=O) groups excluding carboxylic acids is 2. The van der Waals surface area contributed by atoms with Crippen LogP contribution < -0.4 is 0 Å². The summed E-state index contributed by atoms with van der Waals surface area (Å²) in [5, 5.41) is 4.94. The molecule has 0 radical (unpaired) electrons. The van der Waals surface area contributed by atoms with Crippen molar-refractivity contribution in [2.75, 3.05) is 20.6 Å². The molecule has 0 aliphatic heterocycles. The molecule has 2 aromatic carbocycles. The van der Waals surface area contributed by atoms with Crippen molar-refractivity contribution in [2.45, 2.75) is 13.5 Å². The summed E-state index contributed by atoms with van der Waals surface area (Å²) in [6.07, 6.45) is 3.28. The standard InChI is InChI=1S/C22H23ClN4O2/c1-4-26(14-16-5-7-17(8-6-16)21(28)25(2)3)22(29)18-13-24-27(15-18)20-11-9-19(23)10-12-20/h5-13,15H,4,14H2,1-3H3. The van der Waals surface area contributed by atoms with E-state index in [1.807, 2.05) is 31.2 Å². The molecule has 1 aromatic heterocycles. The van der Waals surface area contributed by atoms with Crippen LogP contribution >= 0.6 is 11.6 Å². The summed E-state index contributed by atoms with van der Waals surface area (Å²) in [5.74, 6) is -0.143. The van der Waals surface area contributed by atoms with E-state index in [0.717, 1.165) is 11.3 Å².